The van der Waals surface area contributed by atoms with Crippen molar-refractivity contribution >= 4 is 5.91 Å². The third kappa shape index (κ3) is 2.08. The number of nitriles is 1. The first kappa shape index (κ1) is 9.53. The molecule has 15 heavy (non-hydrogen) atoms. The van der Waals surface area contributed by atoms with Gasteiger partial charge in [-0.25, -0.2) is 0 Å². The molecule has 0 saturated heterocycles. The van der Waals surface area contributed by atoms with E-state index >= 15 is 0 Å². The van der Waals surface area contributed by atoms with E-state index in [1.54, 1.807) is 0 Å². The quantitative estimate of drug-likeness (QED) is 0.720. The Hall–Kier alpha value is -2.02. The van der Waals surface area contributed by atoms with Crippen molar-refractivity contribution in [2.45, 2.75) is 13.0 Å². The second-order valence-electron chi connectivity index (χ2n) is 3.34. The summed E-state index contributed by atoms with van der Waals surface area (Å²) in [5, 5.41) is 10.8. The summed E-state index contributed by atoms with van der Waals surface area (Å²) in [5.41, 5.74) is 2.15. The van der Waals surface area contributed by atoms with Crippen LogP contribution < -0.4 is 10.1 Å². The summed E-state index contributed by atoms with van der Waals surface area (Å²) in [7, 11) is 0. The fourth-order valence-corrected chi connectivity index (χ4v) is 1.57. The molecule has 4 heteroatoms. The van der Waals surface area contributed by atoms with Gasteiger partial charge in [-0.15, -0.1) is 0 Å². The average molecular weight is 202 g/mol. The molecule has 1 aromatic rings. The molecular weight excluding hydrogens is 192 g/mol. The molecule has 0 aromatic heterocycles. The molecular formula is C11H10N2O2. The van der Waals surface area contributed by atoms with Crippen molar-refractivity contribution in [1.82, 2.24) is 5.32 Å². The van der Waals surface area contributed by atoms with Crippen molar-refractivity contribution in [2.75, 3.05) is 6.61 Å². The molecule has 1 N–H and O–H groups in total. The highest BCUT2D eigenvalue weighted by molar-refractivity contribution is 5.91. The van der Waals surface area contributed by atoms with E-state index in [0.717, 1.165) is 24.3 Å². The van der Waals surface area contributed by atoms with Gasteiger partial charge in [0.05, 0.1) is 6.61 Å². The second kappa shape index (κ2) is 4.01. The fraction of sp³-hybridized carbons (Fsp3) is 0.273. The predicted octanol–water partition coefficient (Wildman–Crippen LogP) is 0.761. The Bertz CT molecular complexity index is 435. The molecule has 76 valence electrons. The molecule has 0 radical (unpaired) electrons. The Morgan fingerprint density at radius 1 is 1.60 bits per heavy atom. The summed E-state index contributed by atoms with van der Waals surface area (Å²) in [6.07, 6.45) is 0.912. The predicted molar refractivity (Wildman–Crippen MR) is 53.1 cm³/mol. The van der Waals surface area contributed by atoms with E-state index in [1.807, 2.05) is 18.2 Å². The summed E-state index contributed by atoms with van der Waals surface area (Å²) in [6, 6.07) is 7.30. The van der Waals surface area contributed by atoms with Crippen LogP contribution in [-0.4, -0.2) is 12.5 Å². The maximum atomic E-state index is 10.7. The van der Waals surface area contributed by atoms with Crippen LogP contribution >= 0.6 is 0 Å². The maximum absolute atomic E-state index is 10.7. The topological polar surface area (TPSA) is 62.1 Å². The highest BCUT2D eigenvalue weighted by Crippen LogP contribution is 2.25. The lowest BCUT2D eigenvalue weighted by Crippen LogP contribution is -2.20. The van der Waals surface area contributed by atoms with E-state index in [4.69, 9.17) is 10.00 Å². The Balaban J connectivity index is 2.05. The fourth-order valence-electron chi connectivity index (χ4n) is 1.57. The third-order valence-electron chi connectivity index (χ3n) is 2.31. The van der Waals surface area contributed by atoms with Crippen molar-refractivity contribution in [2.24, 2.45) is 0 Å². The average Bonchev–Trinajstić information content (AvgIpc) is 2.72. The number of carbonyl (C=O) groups is 1. The molecule has 0 aliphatic carbocycles. The number of ether oxygens (including phenoxy) is 1. The van der Waals surface area contributed by atoms with Gasteiger partial charge in [0.15, 0.2) is 6.07 Å². The van der Waals surface area contributed by atoms with Crippen molar-refractivity contribution in [3.63, 3.8) is 0 Å². The number of rotatable bonds is 2. The summed E-state index contributed by atoms with van der Waals surface area (Å²) >= 11 is 0. The smallest absolute Gasteiger partial charge is 0.322 e. The molecule has 0 atom stereocenters. The Morgan fingerprint density at radius 2 is 2.47 bits per heavy atom. The number of amides is 1. The van der Waals surface area contributed by atoms with E-state index < -0.39 is 5.91 Å². The van der Waals surface area contributed by atoms with Crippen molar-refractivity contribution < 1.29 is 9.53 Å². The molecule has 4 nitrogen and oxygen atoms in total. The largest absolute Gasteiger partial charge is 0.493 e. The van der Waals surface area contributed by atoms with E-state index in [2.05, 4.69) is 5.32 Å². The Morgan fingerprint density at radius 3 is 3.27 bits per heavy atom. The van der Waals surface area contributed by atoms with Crippen LogP contribution in [-0.2, 0) is 17.8 Å². The monoisotopic (exact) mass is 202 g/mol. The van der Waals surface area contributed by atoms with Gasteiger partial charge >= 0.3 is 5.91 Å². The summed E-state index contributed by atoms with van der Waals surface area (Å²) in [4.78, 5) is 10.7. The number of hydrogen-bond donors (Lipinski definition) is 1. The number of nitrogens with one attached hydrogen (secondary N) is 1. The number of benzene rings is 1. The first-order valence-corrected chi connectivity index (χ1v) is 4.72. The molecule has 0 unspecified atom stereocenters. The zero-order chi connectivity index (χ0) is 10.7. The van der Waals surface area contributed by atoms with Crippen LogP contribution in [0, 0.1) is 11.3 Å². The van der Waals surface area contributed by atoms with Crippen LogP contribution in [0.15, 0.2) is 18.2 Å². The number of nitrogens with zero attached hydrogens (tertiary/aromatic N) is 1. The van der Waals surface area contributed by atoms with Gasteiger partial charge in [-0.2, -0.15) is 5.26 Å². The van der Waals surface area contributed by atoms with Gasteiger partial charge in [-0.1, -0.05) is 12.1 Å². The normalized spacial score (nSPS) is 12.5. The van der Waals surface area contributed by atoms with Crippen LogP contribution in [0.1, 0.15) is 11.1 Å². The van der Waals surface area contributed by atoms with Gasteiger partial charge in [0, 0.05) is 13.0 Å². The molecule has 1 aliphatic heterocycles. The number of carbonyl (C=O) groups excluding carboxylic acids is 1. The van der Waals surface area contributed by atoms with Crippen LogP contribution in [0.3, 0.4) is 0 Å². The molecule has 0 bridgehead atoms. The Labute approximate surface area is 87.5 Å². The molecule has 0 fully saturated rings. The highest BCUT2D eigenvalue weighted by atomic mass is 16.5. The summed E-state index contributed by atoms with van der Waals surface area (Å²) in [5.74, 6) is 0.317. The molecule has 1 amide bonds. The van der Waals surface area contributed by atoms with E-state index in [9.17, 15) is 4.79 Å². The molecule has 1 aliphatic rings. The lowest BCUT2D eigenvalue weighted by molar-refractivity contribution is -0.116. The van der Waals surface area contributed by atoms with Crippen LogP contribution in [0.2, 0.25) is 0 Å². The standard InChI is InChI=1S/C11H10N2O2/c12-6-11(14)13-7-8-1-2-10-9(5-8)3-4-15-10/h1-2,5H,3-4,7H2,(H,13,14). The number of fused-ring (bicyclic) bond motifs is 1. The molecule has 1 heterocycles. The molecule has 2 rings (SSSR count). The SMILES string of the molecule is N#CC(=O)NCc1ccc2c(c1)CCO2. The Kier molecular flexibility index (Phi) is 2.55. The van der Waals surface area contributed by atoms with Gasteiger partial charge in [-0.05, 0) is 17.2 Å². The summed E-state index contributed by atoms with van der Waals surface area (Å²) < 4.78 is 5.36. The van der Waals surface area contributed by atoms with Crippen molar-refractivity contribution in [3.05, 3.63) is 29.3 Å². The lowest BCUT2D eigenvalue weighted by atomic mass is 10.1. The van der Waals surface area contributed by atoms with Crippen LogP contribution in [0.25, 0.3) is 0 Å². The molecule has 0 saturated carbocycles. The summed E-state index contributed by atoms with van der Waals surface area (Å²) in [6.45, 7) is 1.11. The maximum Gasteiger partial charge on any atom is 0.322 e. The van der Waals surface area contributed by atoms with E-state index in [1.165, 1.54) is 11.6 Å². The molecule has 0 spiro atoms. The van der Waals surface area contributed by atoms with Crippen LogP contribution in [0.5, 0.6) is 5.75 Å². The van der Waals surface area contributed by atoms with Crippen molar-refractivity contribution in [1.29, 1.82) is 5.26 Å². The van der Waals surface area contributed by atoms with Crippen LogP contribution in [0.4, 0.5) is 0 Å². The van der Waals surface area contributed by atoms with Gasteiger partial charge in [0.2, 0.25) is 0 Å². The molecule has 1 aromatic carbocycles. The highest BCUT2D eigenvalue weighted by Gasteiger charge is 2.11. The van der Waals surface area contributed by atoms with Gasteiger partial charge in [0.1, 0.15) is 5.75 Å². The zero-order valence-corrected chi connectivity index (χ0v) is 8.12. The third-order valence-corrected chi connectivity index (χ3v) is 2.31. The van der Waals surface area contributed by atoms with E-state index in [0.29, 0.717) is 6.54 Å². The van der Waals surface area contributed by atoms with Gasteiger partial charge in [0.25, 0.3) is 0 Å². The number of hydrogen-bond acceptors (Lipinski definition) is 3. The first-order valence-electron chi connectivity index (χ1n) is 4.72. The van der Waals surface area contributed by atoms with Gasteiger partial charge in [-0.3, -0.25) is 4.79 Å². The minimum absolute atomic E-state index is 0.389. The zero-order valence-electron chi connectivity index (χ0n) is 8.12. The van der Waals surface area contributed by atoms with Crippen molar-refractivity contribution in [3.8, 4) is 11.8 Å². The lowest BCUT2D eigenvalue weighted by Gasteiger charge is -2.03. The minimum Gasteiger partial charge on any atom is -0.493 e. The first-order chi connectivity index (χ1) is 7.29. The van der Waals surface area contributed by atoms with Gasteiger partial charge < -0.3 is 10.1 Å². The van der Waals surface area contributed by atoms with E-state index in [-0.39, 0.29) is 0 Å². The minimum atomic E-state index is -0.605. The second-order valence-corrected chi connectivity index (χ2v) is 3.34.